The summed E-state index contributed by atoms with van der Waals surface area (Å²) >= 11 is 5.23. The minimum Gasteiger partial charge on any atom is -0.271 e. The first-order chi connectivity index (χ1) is 8.20. The highest BCUT2D eigenvalue weighted by Gasteiger charge is 2.11. The number of thiophene rings is 1. The van der Waals surface area contributed by atoms with Crippen molar-refractivity contribution in [3.05, 3.63) is 56.2 Å². The fourth-order valence-electron chi connectivity index (χ4n) is 1.80. The summed E-state index contributed by atoms with van der Waals surface area (Å²) in [5.41, 5.74) is 6.66. The molecule has 0 radical (unpaired) electrons. The molecule has 2 rings (SSSR count). The highest BCUT2D eigenvalue weighted by Crippen LogP contribution is 2.24. The molecular formula is C13H15BrN2S. The predicted octanol–water partition coefficient (Wildman–Crippen LogP) is 3.57. The second-order valence-corrected chi connectivity index (χ2v) is 5.70. The summed E-state index contributed by atoms with van der Waals surface area (Å²) in [4.78, 5) is 0. The molecule has 1 heterocycles. The van der Waals surface area contributed by atoms with E-state index in [1.807, 2.05) is 0 Å². The molecule has 1 aromatic heterocycles. The zero-order valence-corrected chi connectivity index (χ0v) is 12.0. The maximum absolute atomic E-state index is 5.65. The van der Waals surface area contributed by atoms with Crippen LogP contribution < -0.4 is 11.3 Å². The van der Waals surface area contributed by atoms with Crippen molar-refractivity contribution < 1.29 is 0 Å². The zero-order chi connectivity index (χ0) is 12.3. The fraction of sp³-hybridized carbons (Fsp3) is 0.231. The van der Waals surface area contributed by atoms with Crippen LogP contribution in [0.25, 0.3) is 0 Å². The van der Waals surface area contributed by atoms with E-state index in [2.05, 4.69) is 63.3 Å². The molecule has 0 fully saturated rings. The van der Waals surface area contributed by atoms with Crippen molar-refractivity contribution in [1.29, 1.82) is 0 Å². The molecule has 0 amide bonds. The smallest absolute Gasteiger partial charge is 0.0500 e. The summed E-state index contributed by atoms with van der Waals surface area (Å²) in [7, 11) is 0. The van der Waals surface area contributed by atoms with Crippen LogP contribution >= 0.6 is 27.3 Å². The molecule has 1 aromatic carbocycles. The molecule has 0 aliphatic rings. The number of nitrogens with two attached hydrogens (primary N) is 1. The van der Waals surface area contributed by atoms with Crippen molar-refractivity contribution in [2.75, 3.05) is 0 Å². The number of nitrogens with one attached hydrogen (secondary N) is 1. The number of benzene rings is 1. The van der Waals surface area contributed by atoms with Gasteiger partial charge in [0, 0.05) is 4.47 Å². The van der Waals surface area contributed by atoms with Gasteiger partial charge in [0.05, 0.1) is 6.04 Å². The molecule has 0 bridgehead atoms. The average molecular weight is 311 g/mol. The van der Waals surface area contributed by atoms with E-state index < -0.39 is 0 Å². The van der Waals surface area contributed by atoms with Gasteiger partial charge in [-0.15, -0.1) is 0 Å². The molecule has 1 unspecified atom stereocenters. The van der Waals surface area contributed by atoms with Gasteiger partial charge in [-0.25, -0.2) is 0 Å². The number of halogens is 1. The zero-order valence-electron chi connectivity index (χ0n) is 9.61. The van der Waals surface area contributed by atoms with Crippen LogP contribution in [-0.4, -0.2) is 0 Å². The summed E-state index contributed by atoms with van der Waals surface area (Å²) in [5, 5.41) is 4.26. The molecule has 0 spiro atoms. The summed E-state index contributed by atoms with van der Waals surface area (Å²) in [5.74, 6) is 5.65. The van der Waals surface area contributed by atoms with Gasteiger partial charge in [0.2, 0.25) is 0 Å². The number of hydrazine groups is 1. The fourth-order valence-corrected chi connectivity index (χ4v) is 2.73. The summed E-state index contributed by atoms with van der Waals surface area (Å²) in [6.45, 7) is 2.09. The highest BCUT2D eigenvalue weighted by atomic mass is 79.9. The van der Waals surface area contributed by atoms with Gasteiger partial charge in [-0.3, -0.25) is 11.3 Å². The van der Waals surface area contributed by atoms with Crippen LogP contribution in [-0.2, 0) is 6.42 Å². The second kappa shape index (κ2) is 5.78. The Kier molecular flexibility index (Phi) is 4.34. The summed E-state index contributed by atoms with van der Waals surface area (Å²) in [6.07, 6.45) is 0.918. The van der Waals surface area contributed by atoms with Gasteiger partial charge in [0.15, 0.2) is 0 Å². The molecular weight excluding hydrogens is 296 g/mol. The molecule has 1 atom stereocenters. The van der Waals surface area contributed by atoms with E-state index in [-0.39, 0.29) is 6.04 Å². The highest BCUT2D eigenvalue weighted by molar-refractivity contribution is 9.10. The molecule has 2 nitrogen and oxygen atoms in total. The first-order valence-electron chi connectivity index (χ1n) is 5.44. The lowest BCUT2D eigenvalue weighted by molar-refractivity contribution is 0.552. The second-order valence-electron chi connectivity index (χ2n) is 4.06. The van der Waals surface area contributed by atoms with E-state index in [0.717, 1.165) is 10.9 Å². The van der Waals surface area contributed by atoms with Crippen LogP contribution in [0.4, 0.5) is 0 Å². The first-order valence-corrected chi connectivity index (χ1v) is 7.17. The van der Waals surface area contributed by atoms with Gasteiger partial charge >= 0.3 is 0 Å². The van der Waals surface area contributed by atoms with Crippen molar-refractivity contribution in [2.45, 2.75) is 19.4 Å². The van der Waals surface area contributed by atoms with Crippen LogP contribution in [0, 0.1) is 6.92 Å². The largest absolute Gasteiger partial charge is 0.271 e. The lowest BCUT2D eigenvalue weighted by Gasteiger charge is -2.16. The lowest BCUT2D eigenvalue weighted by Crippen LogP contribution is -2.29. The van der Waals surface area contributed by atoms with Crippen LogP contribution in [0.2, 0.25) is 0 Å². The van der Waals surface area contributed by atoms with E-state index in [1.54, 1.807) is 11.3 Å². The third kappa shape index (κ3) is 3.16. The van der Waals surface area contributed by atoms with Gasteiger partial charge < -0.3 is 0 Å². The van der Waals surface area contributed by atoms with Crippen molar-refractivity contribution in [1.82, 2.24) is 5.43 Å². The van der Waals surface area contributed by atoms with Crippen LogP contribution in [0.1, 0.15) is 22.7 Å². The van der Waals surface area contributed by atoms with E-state index in [4.69, 9.17) is 5.84 Å². The molecule has 0 saturated carbocycles. The third-order valence-corrected chi connectivity index (χ3v) is 4.43. The standard InChI is InChI=1S/C13H15BrN2S/c1-9-6-11(2-3-12(9)14)13(16-15)7-10-4-5-17-8-10/h2-6,8,13,16H,7,15H2,1H3. The Labute approximate surface area is 114 Å². The molecule has 4 heteroatoms. The van der Waals surface area contributed by atoms with Crippen molar-refractivity contribution in [2.24, 2.45) is 5.84 Å². The Morgan fingerprint density at radius 3 is 2.82 bits per heavy atom. The van der Waals surface area contributed by atoms with Gasteiger partial charge in [-0.1, -0.05) is 28.1 Å². The van der Waals surface area contributed by atoms with E-state index in [1.165, 1.54) is 16.7 Å². The Morgan fingerprint density at radius 1 is 1.41 bits per heavy atom. The molecule has 3 N–H and O–H groups in total. The Balaban J connectivity index is 2.20. The third-order valence-electron chi connectivity index (χ3n) is 2.81. The maximum Gasteiger partial charge on any atom is 0.0500 e. The summed E-state index contributed by atoms with van der Waals surface area (Å²) in [6, 6.07) is 8.65. The molecule has 2 aromatic rings. The van der Waals surface area contributed by atoms with Crippen LogP contribution in [0.3, 0.4) is 0 Å². The summed E-state index contributed by atoms with van der Waals surface area (Å²) < 4.78 is 1.13. The first kappa shape index (κ1) is 12.8. The number of hydrogen-bond donors (Lipinski definition) is 2. The average Bonchev–Trinajstić information content (AvgIpc) is 2.82. The predicted molar refractivity (Wildman–Crippen MR) is 77.0 cm³/mol. The lowest BCUT2D eigenvalue weighted by atomic mass is 10.00. The molecule has 0 saturated heterocycles. The number of aryl methyl sites for hydroxylation is 1. The minimum atomic E-state index is 0.163. The van der Waals surface area contributed by atoms with Crippen molar-refractivity contribution in [3.63, 3.8) is 0 Å². The quantitative estimate of drug-likeness (QED) is 0.669. The van der Waals surface area contributed by atoms with Gasteiger partial charge in [0.1, 0.15) is 0 Å². The van der Waals surface area contributed by atoms with E-state index >= 15 is 0 Å². The molecule has 90 valence electrons. The Hall–Kier alpha value is -0.680. The van der Waals surface area contributed by atoms with Gasteiger partial charge in [0.25, 0.3) is 0 Å². The van der Waals surface area contributed by atoms with Crippen LogP contribution in [0.15, 0.2) is 39.5 Å². The number of hydrogen-bond acceptors (Lipinski definition) is 3. The Bertz CT molecular complexity index is 482. The van der Waals surface area contributed by atoms with Crippen LogP contribution in [0.5, 0.6) is 0 Å². The topological polar surface area (TPSA) is 38.0 Å². The molecule has 0 aliphatic heterocycles. The van der Waals surface area contributed by atoms with Gasteiger partial charge in [-0.05, 0) is 52.9 Å². The normalized spacial score (nSPS) is 12.6. The monoisotopic (exact) mass is 310 g/mol. The van der Waals surface area contributed by atoms with Crippen molar-refractivity contribution in [3.8, 4) is 0 Å². The molecule has 0 aliphatic carbocycles. The SMILES string of the molecule is Cc1cc(C(Cc2ccsc2)NN)ccc1Br. The van der Waals surface area contributed by atoms with E-state index in [0.29, 0.717) is 0 Å². The van der Waals surface area contributed by atoms with Gasteiger partial charge in [-0.2, -0.15) is 11.3 Å². The maximum atomic E-state index is 5.65. The van der Waals surface area contributed by atoms with E-state index in [9.17, 15) is 0 Å². The minimum absolute atomic E-state index is 0.163. The Morgan fingerprint density at radius 2 is 2.24 bits per heavy atom. The molecule has 17 heavy (non-hydrogen) atoms. The number of rotatable bonds is 4. The van der Waals surface area contributed by atoms with Crippen molar-refractivity contribution >= 4 is 27.3 Å².